The summed E-state index contributed by atoms with van der Waals surface area (Å²) in [7, 11) is 1.60. The van der Waals surface area contributed by atoms with Crippen molar-refractivity contribution in [3.63, 3.8) is 0 Å². The van der Waals surface area contributed by atoms with Gasteiger partial charge in [-0.25, -0.2) is 0 Å². The fraction of sp³-hybridized carbons (Fsp3) is 0.158. The molecular weight excluding hydrogens is 288 g/mol. The highest BCUT2D eigenvalue weighted by molar-refractivity contribution is 6.08. The third-order valence-electron chi connectivity index (χ3n) is 3.78. The first kappa shape index (κ1) is 15.0. The molecule has 1 aromatic heterocycles. The Morgan fingerprint density at radius 1 is 1.09 bits per heavy atom. The molecular formula is C19H18N2O2. The summed E-state index contributed by atoms with van der Waals surface area (Å²) < 4.78 is 5.28. The number of pyridine rings is 1. The predicted molar refractivity (Wildman–Crippen MR) is 92.2 cm³/mol. The number of carbonyl (C=O) groups excluding carboxylic acids is 1. The molecule has 1 heterocycles. The lowest BCUT2D eigenvalue weighted by Gasteiger charge is -2.10. The molecule has 0 aliphatic rings. The van der Waals surface area contributed by atoms with Crippen molar-refractivity contribution in [3.8, 4) is 5.75 Å². The van der Waals surface area contributed by atoms with Crippen molar-refractivity contribution >= 4 is 22.5 Å². The van der Waals surface area contributed by atoms with Crippen LogP contribution in [-0.2, 0) is 0 Å². The third kappa shape index (κ3) is 3.01. The predicted octanol–water partition coefficient (Wildman–Crippen LogP) is 4.11. The van der Waals surface area contributed by atoms with Crippen LogP contribution in [0.3, 0.4) is 0 Å². The minimum atomic E-state index is -0.181. The second kappa shape index (κ2) is 6.08. The molecule has 0 unspecified atom stereocenters. The van der Waals surface area contributed by atoms with Crippen molar-refractivity contribution in [1.82, 2.24) is 4.98 Å². The molecule has 1 amide bonds. The van der Waals surface area contributed by atoms with Crippen LogP contribution < -0.4 is 10.1 Å². The molecule has 0 bridgehead atoms. The van der Waals surface area contributed by atoms with Gasteiger partial charge in [0.05, 0.1) is 18.3 Å². The van der Waals surface area contributed by atoms with E-state index in [0.29, 0.717) is 17.0 Å². The van der Waals surface area contributed by atoms with Crippen molar-refractivity contribution in [3.05, 3.63) is 65.4 Å². The van der Waals surface area contributed by atoms with Crippen molar-refractivity contribution < 1.29 is 9.53 Å². The summed E-state index contributed by atoms with van der Waals surface area (Å²) in [4.78, 5) is 17.1. The number of benzene rings is 2. The van der Waals surface area contributed by atoms with Gasteiger partial charge in [-0.15, -0.1) is 0 Å². The number of methoxy groups -OCH3 is 1. The number of hydrogen-bond acceptors (Lipinski definition) is 3. The Bertz CT molecular complexity index is 888. The Morgan fingerprint density at radius 2 is 1.91 bits per heavy atom. The van der Waals surface area contributed by atoms with Gasteiger partial charge in [0.2, 0.25) is 0 Å². The average Bonchev–Trinajstić information content (AvgIpc) is 2.55. The van der Waals surface area contributed by atoms with Crippen molar-refractivity contribution in [1.29, 1.82) is 0 Å². The molecule has 23 heavy (non-hydrogen) atoms. The number of carbonyl (C=O) groups is 1. The van der Waals surface area contributed by atoms with Crippen molar-refractivity contribution in [2.24, 2.45) is 0 Å². The summed E-state index contributed by atoms with van der Waals surface area (Å²) in [5.41, 5.74) is 3.95. The minimum Gasteiger partial charge on any atom is -0.496 e. The van der Waals surface area contributed by atoms with Crippen LogP contribution in [0.5, 0.6) is 5.75 Å². The Morgan fingerprint density at radius 3 is 2.70 bits per heavy atom. The number of amides is 1. The van der Waals surface area contributed by atoms with Crippen LogP contribution in [0.2, 0.25) is 0 Å². The van der Waals surface area contributed by atoms with Crippen LogP contribution in [-0.4, -0.2) is 18.0 Å². The molecule has 0 saturated heterocycles. The molecule has 3 aromatic rings. The smallest absolute Gasteiger partial charge is 0.255 e. The summed E-state index contributed by atoms with van der Waals surface area (Å²) in [5, 5.41) is 3.94. The fourth-order valence-corrected chi connectivity index (χ4v) is 2.50. The van der Waals surface area contributed by atoms with E-state index in [4.69, 9.17) is 4.74 Å². The minimum absolute atomic E-state index is 0.181. The van der Waals surface area contributed by atoms with E-state index in [1.807, 2.05) is 50.2 Å². The Kier molecular flexibility index (Phi) is 3.98. The number of nitrogens with one attached hydrogen (secondary N) is 1. The van der Waals surface area contributed by atoms with Crippen LogP contribution in [0.4, 0.5) is 5.69 Å². The van der Waals surface area contributed by atoms with Gasteiger partial charge in [0.15, 0.2) is 0 Å². The lowest BCUT2D eigenvalue weighted by molar-refractivity contribution is 0.102. The summed E-state index contributed by atoms with van der Waals surface area (Å²) >= 11 is 0. The van der Waals surface area contributed by atoms with Gasteiger partial charge in [-0.1, -0.05) is 24.3 Å². The number of aromatic nitrogens is 1. The highest BCUT2D eigenvalue weighted by Crippen LogP contribution is 2.24. The molecule has 4 heteroatoms. The molecule has 0 aliphatic carbocycles. The van der Waals surface area contributed by atoms with Gasteiger partial charge in [0, 0.05) is 16.6 Å². The summed E-state index contributed by atoms with van der Waals surface area (Å²) in [6, 6.07) is 15.1. The zero-order valence-corrected chi connectivity index (χ0v) is 13.4. The SMILES string of the molecule is COc1cc(C(=O)Nc2cccc3ccc(C)nc23)ccc1C. The Balaban J connectivity index is 1.96. The fourth-order valence-electron chi connectivity index (χ4n) is 2.50. The number of ether oxygens (including phenoxy) is 1. The maximum Gasteiger partial charge on any atom is 0.255 e. The molecule has 0 spiro atoms. The van der Waals surface area contributed by atoms with Gasteiger partial charge in [0.25, 0.3) is 5.91 Å². The molecule has 0 fully saturated rings. The van der Waals surface area contributed by atoms with E-state index in [1.54, 1.807) is 19.2 Å². The second-order valence-electron chi connectivity index (χ2n) is 5.47. The maximum absolute atomic E-state index is 12.5. The van der Waals surface area contributed by atoms with Crippen molar-refractivity contribution in [2.75, 3.05) is 12.4 Å². The van der Waals surface area contributed by atoms with Crippen molar-refractivity contribution in [2.45, 2.75) is 13.8 Å². The number of aryl methyl sites for hydroxylation is 2. The number of rotatable bonds is 3. The topological polar surface area (TPSA) is 51.2 Å². The largest absolute Gasteiger partial charge is 0.496 e. The van der Waals surface area contributed by atoms with E-state index in [-0.39, 0.29) is 5.91 Å². The van der Waals surface area contributed by atoms with Gasteiger partial charge in [0.1, 0.15) is 5.75 Å². The van der Waals surface area contributed by atoms with E-state index in [2.05, 4.69) is 10.3 Å². The molecule has 116 valence electrons. The number of para-hydroxylation sites is 1. The standard InChI is InChI=1S/C19H18N2O2/c1-12-7-9-15(11-17(12)23-3)19(22)21-16-6-4-5-14-10-8-13(2)20-18(14)16/h4-11H,1-3H3,(H,21,22). The van der Waals surface area contributed by atoms with Crippen LogP contribution in [0.15, 0.2) is 48.5 Å². The normalized spacial score (nSPS) is 10.6. The monoisotopic (exact) mass is 306 g/mol. The molecule has 0 saturated carbocycles. The third-order valence-corrected chi connectivity index (χ3v) is 3.78. The maximum atomic E-state index is 12.5. The molecule has 0 aliphatic heterocycles. The molecule has 4 nitrogen and oxygen atoms in total. The Labute approximate surface area is 135 Å². The van der Waals surface area contributed by atoms with Crippen LogP contribution in [0.25, 0.3) is 10.9 Å². The van der Waals surface area contributed by atoms with Gasteiger partial charge >= 0.3 is 0 Å². The van der Waals surface area contributed by atoms with Crippen LogP contribution >= 0.6 is 0 Å². The first-order chi connectivity index (χ1) is 11.1. The highest BCUT2D eigenvalue weighted by atomic mass is 16.5. The number of nitrogens with zero attached hydrogens (tertiary/aromatic N) is 1. The first-order valence-electron chi connectivity index (χ1n) is 7.41. The molecule has 2 aromatic carbocycles. The molecule has 0 atom stereocenters. The van der Waals surface area contributed by atoms with Gasteiger partial charge in [-0.3, -0.25) is 9.78 Å². The molecule has 0 radical (unpaired) electrons. The van der Waals surface area contributed by atoms with Gasteiger partial charge in [-0.05, 0) is 43.7 Å². The lowest BCUT2D eigenvalue weighted by Crippen LogP contribution is -2.12. The summed E-state index contributed by atoms with van der Waals surface area (Å²) in [5.74, 6) is 0.517. The van der Waals surface area contributed by atoms with E-state index in [9.17, 15) is 4.79 Å². The highest BCUT2D eigenvalue weighted by Gasteiger charge is 2.11. The van der Waals surface area contributed by atoms with E-state index < -0.39 is 0 Å². The number of fused-ring (bicyclic) bond motifs is 1. The first-order valence-corrected chi connectivity index (χ1v) is 7.41. The number of hydrogen-bond donors (Lipinski definition) is 1. The van der Waals surface area contributed by atoms with Gasteiger partial charge < -0.3 is 10.1 Å². The Hall–Kier alpha value is -2.88. The number of anilines is 1. The van der Waals surface area contributed by atoms with Gasteiger partial charge in [-0.2, -0.15) is 0 Å². The van der Waals surface area contributed by atoms with E-state index >= 15 is 0 Å². The summed E-state index contributed by atoms with van der Waals surface area (Å²) in [6.07, 6.45) is 0. The zero-order valence-electron chi connectivity index (χ0n) is 13.4. The quantitative estimate of drug-likeness (QED) is 0.792. The van der Waals surface area contributed by atoms with E-state index in [0.717, 1.165) is 22.2 Å². The van der Waals surface area contributed by atoms with Crippen LogP contribution in [0, 0.1) is 13.8 Å². The molecule has 1 N–H and O–H groups in total. The zero-order chi connectivity index (χ0) is 16.4. The lowest BCUT2D eigenvalue weighted by atomic mass is 10.1. The average molecular weight is 306 g/mol. The second-order valence-corrected chi connectivity index (χ2v) is 5.47. The summed E-state index contributed by atoms with van der Waals surface area (Å²) in [6.45, 7) is 3.88. The molecule has 3 rings (SSSR count). The van der Waals surface area contributed by atoms with Crippen LogP contribution in [0.1, 0.15) is 21.6 Å². The van der Waals surface area contributed by atoms with E-state index in [1.165, 1.54) is 0 Å².